The van der Waals surface area contributed by atoms with E-state index in [9.17, 15) is 4.79 Å². The van der Waals surface area contributed by atoms with Crippen molar-refractivity contribution in [2.24, 2.45) is 11.5 Å². The van der Waals surface area contributed by atoms with Gasteiger partial charge in [0.1, 0.15) is 11.9 Å². The van der Waals surface area contributed by atoms with Crippen molar-refractivity contribution in [2.45, 2.75) is 51.2 Å². The molecule has 0 aliphatic heterocycles. The topological polar surface area (TPSA) is 78.3 Å². The largest absolute Gasteiger partial charge is 0.489 e. The maximum absolute atomic E-state index is 11.2. The van der Waals surface area contributed by atoms with Gasteiger partial charge in [-0.1, -0.05) is 12.8 Å². The van der Waals surface area contributed by atoms with E-state index in [2.05, 4.69) is 0 Å². The number of carbonyl (C=O) groups excluding carboxylic acids is 1. The Bertz CT molecular complexity index is 459. The molecule has 0 radical (unpaired) electrons. The summed E-state index contributed by atoms with van der Waals surface area (Å²) < 4.78 is 5.99. The Labute approximate surface area is 114 Å². The Hall–Kier alpha value is -1.55. The maximum atomic E-state index is 11.2. The van der Waals surface area contributed by atoms with Crippen LogP contribution in [0.15, 0.2) is 18.2 Å². The number of primary amides is 1. The molecule has 0 saturated heterocycles. The lowest BCUT2D eigenvalue weighted by Gasteiger charge is -2.23. The van der Waals surface area contributed by atoms with Crippen LogP contribution in [0.25, 0.3) is 0 Å². The standard InChI is InChI=1S/C15H22N2O2/c1-10-9-11(7-8-12(10)15(17)18)19-14-6-4-2-3-5-13(14)16/h7-9,13-14H,2-6,16H2,1H3,(H2,17,18). The predicted octanol–water partition coefficient (Wildman–Crippen LogP) is 2.13. The van der Waals surface area contributed by atoms with Gasteiger partial charge in [0.05, 0.1) is 0 Å². The van der Waals surface area contributed by atoms with Gasteiger partial charge in [-0.2, -0.15) is 0 Å². The molecule has 4 N–H and O–H groups in total. The van der Waals surface area contributed by atoms with Crippen LogP contribution >= 0.6 is 0 Å². The molecule has 1 amide bonds. The number of nitrogens with two attached hydrogens (primary N) is 2. The summed E-state index contributed by atoms with van der Waals surface area (Å²) in [6, 6.07) is 5.47. The second-order valence-electron chi connectivity index (χ2n) is 5.30. The summed E-state index contributed by atoms with van der Waals surface area (Å²) in [7, 11) is 0. The van der Waals surface area contributed by atoms with E-state index in [0.29, 0.717) is 5.56 Å². The van der Waals surface area contributed by atoms with Crippen LogP contribution in [-0.4, -0.2) is 18.1 Å². The minimum Gasteiger partial charge on any atom is -0.489 e. The van der Waals surface area contributed by atoms with Crippen molar-refractivity contribution in [3.05, 3.63) is 29.3 Å². The third-order valence-electron chi connectivity index (χ3n) is 3.75. The van der Waals surface area contributed by atoms with Crippen molar-refractivity contribution in [1.82, 2.24) is 0 Å². The first-order valence-corrected chi connectivity index (χ1v) is 6.90. The molecule has 0 heterocycles. The van der Waals surface area contributed by atoms with E-state index in [1.807, 2.05) is 13.0 Å². The van der Waals surface area contributed by atoms with Crippen molar-refractivity contribution in [3.63, 3.8) is 0 Å². The average Bonchev–Trinajstić information content (AvgIpc) is 2.55. The number of benzene rings is 1. The van der Waals surface area contributed by atoms with Crippen LogP contribution in [0.4, 0.5) is 0 Å². The fourth-order valence-electron chi connectivity index (χ4n) is 2.61. The van der Waals surface area contributed by atoms with E-state index in [1.54, 1.807) is 12.1 Å². The van der Waals surface area contributed by atoms with Gasteiger partial charge < -0.3 is 16.2 Å². The molecule has 1 fully saturated rings. The molecule has 1 saturated carbocycles. The lowest BCUT2D eigenvalue weighted by molar-refractivity contribution is 0.0999. The smallest absolute Gasteiger partial charge is 0.248 e. The molecule has 104 valence electrons. The van der Waals surface area contributed by atoms with Gasteiger partial charge in [0.25, 0.3) is 0 Å². The second-order valence-corrected chi connectivity index (χ2v) is 5.30. The fraction of sp³-hybridized carbons (Fsp3) is 0.533. The maximum Gasteiger partial charge on any atom is 0.248 e. The first-order chi connectivity index (χ1) is 9.08. The Morgan fingerprint density at radius 3 is 2.68 bits per heavy atom. The molecular formula is C15H22N2O2. The summed E-state index contributed by atoms with van der Waals surface area (Å²) in [5.74, 6) is 0.361. The number of hydrogen-bond donors (Lipinski definition) is 2. The summed E-state index contributed by atoms with van der Waals surface area (Å²) in [5, 5.41) is 0. The van der Waals surface area contributed by atoms with Gasteiger partial charge in [0, 0.05) is 11.6 Å². The van der Waals surface area contributed by atoms with E-state index in [0.717, 1.165) is 30.6 Å². The molecule has 1 aliphatic rings. The SMILES string of the molecule is Cc1cc(OC2CCCCCC2N)ccc1C(N)=O. The predicted molar refractivity (Wildman–Crippen MR) is 75.2 cm³/mol. The highest BCUT2D eigenvalue weighted by atomic mass is 16.5. The van der Waals surface area contributed by atoms with Gasteiger partial charge in [-0.05, 0) is 49.9 Å². The lowest BCUT2D eigenvalue weighted by atomic mass is 10.1. The van der Waals surface area contributed by atoms with E-state index < -0.39 is 5.91 Å². The Kier molecular flexibility index (Phi) is 4.43. The highest BCUT2D eigenvalue weighted by Gasteiger charge is 2.22. The van der Waals surface area contributed by atoms with Crippen LogP contribution in [0.2, 0.25) is 0 Å². The monoisotopic (exact) mass is 262 g/mol. The van der Waals surface area contributed by atoms with Gasteiger partial charge in [0.15, 0.2) is 0 Å². The van der Waals surface area contributed by atoms with Crippen LogP contribution < -0.4 is 16.2 Å². The Balaban J connectivity index is 2.10. The van der Waals surface area contributed by atoms with Crippen LogP contribution in [0.5, 0.6) is 5.75 Å². The van der Waals surface area contributed by atoms with Crippen LogP contribution in [0, 0.1) is 6.92 Å². The fourth-order valence-corrected chi connectivity index (χ4v) is 2.61. The zero-order valence-corrected chi connectivity index (χ0v) is 11.4. The summed E-state index contributed by atoms with van der Waals surface area (Å²) in [6.07, 6.45) is 5.66. The molecule has 2 atom stereocenters. The molecule has 19 heavy (non-hydrogen) atoms. The molecule has 0 aromatic heterocycles. The Morgan fingerprint density at radius 1 is 1.26 bits per heavy atom. The van der Waals surface area contributed by atoms with Crippen molar-refractivity contribution in [1.29, 1.82) is 0 Å². The van der Waals surface area contributed by atoms with Gasteiger partial charge in [-0.25, -0.2) is 0 Å². The number of carbonyl (C=O) groups is 1. The molecule has 1 aromatic carbocycles. The van der Waals surface area contributed by atoms with Gasteiger partial charge in [0.2, 0.25) is 5.91 Å². The van der Waals surface area contributed by atoms with Crippen LogP contribution in [-0.2, 0) is 0 Å². The average molecular weight is 262 g/mol. The van der Waals surface area contributed by atoms with Crippen LogP contribution in [0.3, 0.4) is 0 Å². The first-order valence-electron chi connectivity index (χ1n) is 6.90. The summed E-state index contributed by atoms with van der Waals surface area (Å²) in [4.78, 5) is 11.2. The molecular weight excluding hydrogens is 240 g/mol. The minimum absolute atomic E-state index is 0.0707. The number of hydrogen-bond acceptors (Lipinski definition) is 3. The van der Waals surface area contributed by atoms with E-state index in [1.165, 1.54) is 12.8 Å². The van der Waals surface area contributed by atoms with Crippen molar-refractivity contribution in [3.8, 4) is 5.75 Å². The zero-order valence-electron chi connectivity index (χ0n) is 11.4. The third-order valence-corrected chi connectivity index (χ3v) is 3.75. The first kappa shape index (κ1) is 13.9. The Morgan fingerprint density at radius 2 is 2.00 bits per heavy atom. The summed E-state index contributed by atoms with van der Waals surface area (Å²) in [6.45, 7) is 1.86. The van der Waals surface area contributed by atoms with E-state index in [-0.39, 0.29) is 12.1 Å². The number of amides is 1. The molecule has 0 bridgehead atoms. The zero-order chi connectivity index (χ0) is 13.8. The van der Waals surface area contributed by atoms with Gasteiger partial charge >= 0.3 is 0 Å². The number of aryl methyl sites for hydroxylation is 1. The second kappa shape index (κ2) is 6.06. The van der Waals surface area contributed by atoms with E-state index >= 15 is 0 Å². The molecule has 1 aromatic rings. The molecule has 4 heteroatoms. The van der Waals surface area contributed by atoms with Gasteiger partial charge in [-0.3, -0.25) is 4.79 Å². The highest BCUT2D eigenvalue weighted by molar-refractivity contribution is 5.94. The van der Waals surface area contributed by atoms with Crippen molar-refractivity contribution >= 4 is 5.91 Å². The van der Waals surface area contributed by atoms with Crippen molar-refractivity contribution < 1.29 is 9.53 Å². The lowest BCUT2D eigenvalue weighted by Crippen LogP contribution is -2.37. The highest BCUT2D eigenvalue weighted by Crippen LogP contribution is 2.24. The molecule has 0 spiro atoms. The number of ether oxygens (including phenoxy) is 1. The summed E-state index contributed by atoms with van der Waals surface area (Å²) >= 11 is 0. The minimum atomic E-state index is -0.407. The third kappa shape index (κ3) is 3.47. The normalized spacial score (nSPS) is 23.7. The molecule has 4 nitrogen and oxygen atoms in total. The van der Waals surface area contributed by atoms with Crippen LogP contribution in [0.1, 0.15) is 48.0 Å². The number of rotatable bonds is 3. The van der Waals surface area contributed by atoms with Crippen molar-refractivity contribution in [2.75, 3.05) is 0 Å². The van der Waals surface area contributed by atoms with Gasteiger partial charge in [-0.15, -0.1) is 0 Å². The molecule has 1 aliphatic carbocycles. The molecule has 2 rings (SSSR count). The quantitative estimate of drug-likeness (QED) is 0.819. The molecule has 2 unspecified atom stereocenters. The van der Waals surface area contributed by atoms with E-state index in [4.69, 9.17) is 16.2 Å². The summed E-state index contributed by atoms with van der Waals surface area (Å²) in [5.41, 5.74) is 12.8.